The minimum atomic E-state index is -0.402. The summed E-state index contributed by atoms with van der Waals surface area (Å²) in [4.78, 5) is 28.0. The van der Waals surface area contributed by atoms with Crippen LogP contribution in [0.4, 0.5) is 15.8 Å². The van der Waals surface area contributed by atoms with Gasteiger partial charge in [-0.05, 0) is 69.1 Å². The van der Waals surface area contributed by atoms with Gasteiger partial charge in [-0.25, -0.2) is 4.39 Å². The molecule has 176 valence electrons. The second-order valence-electron chi connectivity index (χ2n) is 9.23. The number of nitro benzene ring substituents is 1. The summed E-state index contributed by atoms with van der Waals surface area (Å²) in [5.74, 6) is -0.00241. The number of halogens is 1. The highest BCUT2D eigenvalue weighted by Gasteiger charge is 2.47. The Hall–Kier alpha value is -3.59. The van der Waals surface area contributed by atoms with Crippen molar-refractivity contribution >= 4 is 17.3 Å². The van der Waals surface area contributed by atoms with Crippen molar-refractivity contribution in [3.8, 4) is 0 Å². The predicted molar refractivity (Wildman–Crippen MR) is 123 cm³/mol. The molecule has 0 N–H and O–H groups in total. The lowest BCUT2D eigenvalue weighted by atomic mass is 9.74. The molecule has 2 aliphatic rings. The number of nitrogens with zero attached hydrogens (tertiary/aromatic N) is 4. The van der Waals surface area contributed by atoms with Crippen LogP contribution < -0.4 is 4.90 Å². The normalized spacial score (nSPS) is 17.2. The number of nitro groups is 1. The highest BCUT2D eigenvalue weighted by atomic mass is 19.1. The number of hydrogen-bond acceptors (Lipinski definition) is 6. The topological polar surface area (TPSA) is 92.7 Å². The molecule has 34 heavy (non-hydrogen) atoms. The summed E-state index contributed by atoms with van der Waals surface area (Å²) in [5.41, 5.74) is 3.40. The number of amides is 1. The number of non-ortho nitro benzene ring substituents is 1. The zero-order valence-electron chi connectivity index (χ0n) is 19.1. The van der Waals surface area contributed by atoms with Crippen molar-refractivity contribution in [1.29, 1.82) is 0 Å². The highest BCUT2D eigenvalue weighted by Crippen LogP contribution is 2.48. The Bertz CT molecular complexity index is 1240. The number of rotatable bonds is 4. The van der Waals surface area contributed by atoms with Gasteiger partial charge in [0.15, 0.2) is 0 Å². The molecule has 1 aromatic heterocycles. The van der Waals surface area contributed by atoms with Gasteiger partial charge >= 0.3 is 0 Å². The van der Waals surface area contributed by atoms with Crippen LogP contribution in [0.25, 0.3) is 0 Å². The number of piperidine rings is 1. The first-order chi connectivity index (χ1) is 16.3. The van der Waals surface area contributed by atoms with E-state index >= 15 is 0 Å². The first-order valence-corrected chi connectivity index (χ1v) is 11.3. The molecule has 3 heterocycles. The molecule has 3 aromatic rings. The Morgan fingerprint density at radius 2 is 1.88 bits per heavy atom. The summed E-state index contributed by atoms with van der Waals surface area (Å²) in [6.45, 7) is 6.20. The largest absolute Gasteiger partial charge is 0.361 e. The van der Waals surface area contributed by atoms with Crippen molar-refractivity contribution in [2.24, 2.45) is 0 Å². The monoisotopic (exact) mass is 464 g/mol. The molecular formula is C25H25FN4O4. The van der Waals surface area contributed by atoms with Crippen LogP contribution in [0.5, 0.6) is 0 Å². The maximum absolute atomic E-state index is 14.3. The molecule has 1 saturated heterocycles. The SMILES string of the molecule is Cc1noc(C)c1C(=O)N1CC2(CCN(Cc3ccc([N+](=O)[O-])cc3)CC2)c2cc(F)ccc21. The quantitative estimate of drug-likeness (QED) is 0.416. The Kier molecular flexibility index (Phi) is 5.44. The summed E-state index contributed by atoms with van der Waals surface area (Å²) in [7, 11) is 0. The lowest BCUT2D eigenvalue weighted by Crippen LogP contribution is -2.45. The number of carbonyl (C=O) groups is 1. The number of carbonyl (C=O) groups excluding carboxylic acids is 1. The van der Waals surface area contributed by atoms with Crippen LogP contribution >= 0.6 is 0 Å². The van der Waals surface area contributed by atoms with Crippen LogP contribution in [0, 0.1) is 29.8 Å². The molecule has 2 aromatic carbocycles. The second-order valence-corrected chi connectivity index (χ2v) is 9.23. The molecule has 0 aliphatic carbocycles. The van der Waals surface area contributed by atoms with Crippen LogP contribution in [0.2, 0.25) is 0 Å². The summed E-state index contributed by atoms with van der Waals surface area (Å²) < 4.78 is 19.5. The molecule has 0 atom stereocenters. The maximum atomic E-state index is 14.3. The smallest absolute Gasteiger partial charge is 0.269 e. The second kappa shape index (κ2) is 8.32. The van der Waals surface area contributed by atoms with Crippen LogP contribution in [0.3, 0.4) is 0 Å². The Balaban J connectivity index is 1.36. The molecule has 0 radical (unpaired) electrons. The third-order valence-electron chi connectivity index (χ3n) is 7.14. The number of aromatic nitrogens is 1. The molecule has 0 saturated carbocycles. The van der Waals surface area contributed by atoms with Gasteiger partial charge in [0.25, 0.3) is 11.6 Å². The van der Waals surface area contributed by atoms with E-state index in [0.29, 0.717) is 30.1 Å². The predicted octanol–water partition coefficient (Wildman–Crippen LogP) is 4.53. The van der Waals surface area contributed by atoms with Crippen molar-refractivity contribution in [2.45, 2.75) is 38.6 Å². The van der Waals surface area contributed by atoms with E-state index in [1.54, 1.807) is 43.0 Å². The Morgan fingerprint density at radius 3 is 2.50 bits per heavy atom. The van der Waals surface area contributed by atoms with Gasteiger partial charge < -0.3 is 9.42 Å². The molecule has 5 rings (SSSR count). The maximum Gasteiger partial charge on any atom is 0.269 e. The van der Waals surface area contributed by atoms with Gasteiger partial charge in [0.2, 0.25) is 0 Å². The van der Waals surface area contributed by atoms with Crippen molar-refractivity contribution < 1.29 is 18.6 Å². The van der Waals surface area contributed by atoms with Gasteiger partial charge in [0, 0.05) is 36.3 Å². The van der Waals surface area contributed by atoms with Crippen LogP contribution in [-0.2, 0) is 12.0 Å². The molecule has 0 bridgehead atoms. The summed E-state index contributed by atoms with van der Waals surface area (Å²) in [5, 5.41) is 14.8. The van der Waals surface area contributed by atoms with E-state index in [1.807, 2.05) is 0 Å². The molecule has 8 nitrogen and oxygen atoms in total. The molecule has 1 amide bonds. The van der Waals surface area contributed by atoms with E-state index in [-0.39, 0.29) is 22.8 Å². The molecule has 1 spiro atoms. The molecule has 2 aliphatic heterocycles. The Labute approximate surface area is 196 Å². The van der Waals surface area contributed by atoms with E-state index in [2.05, 4.69) is 10.1 Å². The lowest BCUT2D eigenvalue weighted by Gasteiger charge is -2.40. The fraction of sp³-hybridized carbons (Fsp3) is 0.360. The number of anilines is 1. The standard InChI is InChI=1S/C25H25FN4O4/c1-16-23(17(2)34-27-16)24(31)29-15-25(21-13-19(26)5-8-22(21)29)9-11-28(12-10-25)14-18-3-6-20(7-4-18)30(32)33/h3-8,13H,9-12,14-15H2,1-2H3. The van der Waals surface area contributed by atoms with E-state index in [4.69, 9.17) is 4.52 Å². The fourth-order valence-corrected chi connectivity index (χ4v) is 5.29. The number of aryl methyl sites for hydroxylation is 2. The van der Waals surface area contributed by atoms with Crippen molar-refractivity contribution in [1.82, 2.24) is 10.1 Å². The van der Waals surface area contributed by atoms with E-state index in [9.17, 15) is 19.3 Å². The van der Waals surface area contributed by atoms with E-state index in [0.717, 1.165) is 42.7 Å². The van der Waals surface area contributed by atoms with E-state index < -0.39 is 4.92 Å². The molecule has 0 unspecified atom stereocenters. The number of likely N-dealkylation sites (tertiary alicyclic amines) is 1. The first-order valence-electron chi connectivity index (χ1n) is 11.3. The lowest BCUT2D eigenvalue weighted by molar-refractivity contribution is -0.384. The van der Waals surface area contributed by atoms with Gasteiger partial charge in [-0.15, -0.1) is 0 Å². The zero-order valence-corrected chi connectivity index (χ0v) is 19.1. The summed E-state index contributed by atoms with van der Waals surface area (Å²) in [6.07, 6.45) is 1.56. The van der Waals surface area contributed by atoms with Gasteiger partial charge in [-0.2, -0.15) is 0 Å². The number of fused-ring (bicyclic) bond motifs is 2. The van der Waals surface area contributed by atoms with Gasteiger partial charge in [-0.1, -0.05) is 17.3 Å². The zero-order chi connectivity index (χ0) is 24.0. The van der Waals surface area contributed by atoms with Crippen molar-refractivity contribution in [3.05, 3.63) is 86.5 Å². The molecule has 9 heteroatoms. The fourth-order valence-electron chi connectivity index (χ4n) is 5.29. The van der Waals surface area contributed by atoms with Gasteiger partial charge in [0.05, 0.1) is 10.6 Å². The Morgan fingerprint density at radius 1 is 1.18 bits per heavy atom. The van der Waals surface area contributed by atoms with Crippen molar-refractivity contribution in [3.63, 3.8) is 0 Å². The minimum Gasteiger partial charge on any atom is -0.361 e. The molecule has 1 fully saturated rings. The third kappa shape index (κ3) is 3.75. The summed E-state index contributed by atoms with van der Waals surface area (Å²) in [6, 6.07) is 11.3. The average Bonchev–Trinajstić information content (AvgIpc) is 3.32. The third-order valence-corrected chi connectivity index (χ3v) is 7.14. The number of hydrogen-bond donors (Lipinski definition) is 0. The highest BCUT2D eigenvalue weighted by molar-refractivity contribution is 6.09. The summed E-state index contributed by atoms with van der Waals surface area (Å²) >= 11 is 0. The van der Waals surface area contributed by atoms with Crippen LogP contribution in [0.15, 0.2) is 47.0 Å². The van der Waals surface area contributed by atoms with Gasteiger partial charge in [-0.3, -0.25) is 19.8 Å². The average molecular weight is 464 g/mol. The van der Waals surface area contributed by atoms with Crippen LogP contribution in [-0.4, -0.2) is 40.5 Å². The van der Waals surface area contributed by atoms with Gasteiger partial charge in [0.1, 0.15) is 17.1 Å². The van der Waals surface area contributed by atoms with Crippen molar-refractivity contribution in [2.75, 3.05) is 24.5 Å². The first kappa shape index (κ1) is 22.2. The number of benzene rings is 2. The van der Waals surface area contributed by atoms with E-state index in [1.165, 1.54) is 18.2 Å². The molecular weight excluding hydrogens is 439 g/mol. The van der Waals surface area contributed by atoms with Crippen LogP contribution in [0.1, 0.15) is 45.8 Å². The minimum absolute atomic E-state index is 0.0778.